The molecule has 1 atom stereocenters. The summed E-state index contributed by atoms with van der Waals surface area (Å²) in [6.45, 7) is 1.51. The van der Waals surface area contributed by atoms with E-state index in [-0.39, 0.29) is 0 Å². The van der Waals surface area contributed by atoms with Gasteiger partial charge in [-0.15, -0.1) is 11.3 Å². The number of rotatable bonds is 4. The van der Waals surface area contributed by atoms with Crippen LogP contribution in [-0.2, 0) is 4.79 Å². The van der Waals surface area contributed by atoms with Gasteiger partial charge >= 0.3 is 5.97 Å². The van der Waals surface area contributed by atoms with Crippen LogP contribution in [-0.4, -0.2) is 22.2 Å². The van der Waals surface area contributed by atoms with Gasteiger partial charge in [-0.3, -0.25) is 0 Å². The molecule has 3 rings (SSSR count). The van der Waals surface area contributed by atoms with Gasteiger partial charge in [-0.2, -0.15) is 0 Å². The Morgan fingerprint density at radius 1 is 1.24 bits per heavy atom. The first kappa shape index (κ1) is 13.6. The fourth-order valence-corrected chi connectivity index (χ4v) is 2.94. The van der Waals surface area contributed by atoms with Crippen molar-refractivity contribution in [2.24, 2.45) is 0 Å². The van der Waals surface area contributed by atoms with E-state index in [1.807, 2.05) is 42.5 Å². The number of thiazole rings is 1. The minimum atomic E-state index is -0.982. The first-order valence-corrected chi connectivity index (χ1v) is 7.30. The summed E-state index contributed by atoms with van der Waals surface area (Å²) in [6, 6.07) is 15.4. The van der Waals surface area contributed by atoms with E-state index in [0.29, 0.717) is 5.75 Å². The molecule has 4 nitrogen and oxygen atoms in total. The van der Waals surface area contributed by atoms with E-state index < -0.39 is 12.1 Å². The number of aliphatic carboxylic acids is 1. The molecule has 1 N–H and O–H groups in total. The van der Waals surface area contributed by atoms with Gasteiger partial charge in [0, 0.05) is 5.56 Å². The largest absolute Gasteiger partial charge is 0.479 e. The number of aromatic nitrogens is 1. The maximum Gasteiger partial charge on any atom is 0.344 e. The topological polar surface area (TPSA) is 59.4 Å². The van der Waals surface area contributed by atoms with Gasteiger partial charge < -0.3 is 9.84 Å². The molecule has 0 bridgehead atoms. The molecule has 0 fully saturated rings. The predicted octanol–water partition coefficient (Wildman–Crippen LogP) is 3.82. The van der Waals surface area contributed by atoms with Crippen LogP contribution >= 0.6 is 11.3 Å². The number of carboxylic acid groups (broad SMARTS) is 1. The lowest BCUT2D eigenvalue weighted by Crippen LogP contribution is -2.22. The van der Waals surface area contributed by atoms with Crippen LogP contribution in [0.25, 0.3) is 20.8 Å². The van der Waals surface area contributed by atoms with Crippen LogP contribution in [0.1, 0.15) is 6.92 Å². The van der Waals surface area contributed by atoms with E-state index in [1.165, 1.54) is 6.92 Å². The third kappa shape index (κ3) is 2.87. The first-order chi connectivity index (χ1) is 10.1. The Hall–Kier alpha value is -2.40. The molecule has 5 heteroatoms. The first-order valence-electron chi connectivity index (χ1n) is 6.49. The Kier molecular flexibility index (Phi) is 3.58. The molecule has 0 saturated carbocycles. The number of benzene rings is 2. The normalized spacial score (nSPS) is 12.2. The Morgan fingerprint density at radius 2 is 2.00 bits per heavy atom. The third-order valence-electron chi connectivity index (χ3n) is 3.04. The van der Waals surface area contributed by atoms with E-state index in [1.54, 1.807) is 17.4 Å². The fourth-order valence-electron chi connectivity index (χ4n) is 1.94. The highest BCUT2D eigenvalue weighted by molar-refractivity contribution is 7.21. The van der Waals surface area contributed by atoms with Crippen molar-refractivity contribution in [3.05, 3.63) is 48.5 Å². The number of carboxylic acids is 1. The van der Waals surface area contributed by atoms with Gasteiger partial charge in [0.2, 0.25) is 0 Å². The van der Waals surface area contributed by atoms with E-state index >= 15 is 0 Å². The number of fused-ring (bicyclic) bond motifs is 1. The summed E-state index contributed by atoms with van der Waals surface area (Å²) in [5, 5.41) is 9.81. The summed E-state index contributed by atoms with van der Waals surface area (Å²) in [5.74, 6) is -0.440. The number of hydrogen-bond acceptors (Lipinski definition) is 4. The molecule has 0 spiro atoms. The van der Waals surface area contributed by atoms with Gasteiger partial charge in [-0.1, -0.05) is 30.3 Å². The van der Waals surface area contributed by atoms with Crippen molar-refractivity contribution in [2.45, 2.75) is 13.0 Å². The van der Waals surface area contributed by atoms with Gasteiger partial charge in [0.25, 0.3) is 0 Å². The third-order valence-corrected chi connectivity index (χ3v) is 4.11. The van der Waals surface area contributed by atoms with Crippen LogP contribution in [0.2, 0.25) is 0 Å². The smallest absolute Gasteiger partial charge is 0.344 e. The Morgan fingerprint density at radius 3 is 2.71 bits per heavy atom. The Bertz CT molecular complexity index is 783. The lowest BCUT2D eigenvalue weighted by molar-refractivity contribution is -0.144. The molecular formula is C16H13NO3S. The van der Waals surface area contributed by atoms with Crippen molar-refractivity contribution in [1.82, 2.24) is 4.98 Å². The molecule has 1 unspecified atom stereocenters. The summed E-state index contributed by atoms with van der Waals surface area (Å²) in [5.41, 5.74) is 1.95. The number of nitrogens with zero attached hydrogens (tertiary/aromatic N) is 1. The molecule has 21 heavy (non-hydrogen) atoms. The van der Waals surface area contributed by atoms with Gasteiger partial charge in [-0.25, -0.2) is 9.78 Å². The second kappa shape index (κ2) is 5.54. The zero-order valence-corrected chi connectivity index (χ0v) is 12.1. The van der Waals surface area contributed by atoms with Gasteiger partial charge in [0.1, 0.15) is 10.8 Å². The molecule has 1 heterocycles. The monoisotopic (exact) mass is 299 g/mol. The van der Waals surface area contributed by atoms with Crippen molar-refractivity contribution in [3.63, 3.8) is 0 Å². The lowest BCUT2D eigenvalue weighted by Gasteiger charge is -2.09. The molecule has 2 aromatic carbocycles. The zero-order chi connectivity index (χ0) is 14.8. The SMILES string of the molecule is CC(Oc1ccc2nc(-c3ccccc3)sc2c1)C(=O)O. The summed E-state index contributed by atoms with van der Waals surface area (Å²) >= 11 is 1.56. The van der Waals surface area contributed by atoms with E-state index in [4.69, 9.17) is 9.84 Å². The lowest BCUT2D eigenvalue weighted by atomic mass is 10.2. The molecule has 0 aliphatic carbocycles. The van der Waals surface area contributed by atoms with E-state index in [9.17, 15) is 4.79 Å². The highest BCUT2D eigenvalue weighted by atomic mass is 32.1. The van der Waals surface area contributed by atoms with Crippen LogP contribution < -0.4 is 4.74 Å². The van der Waals surface area contributed by atoms with Crippen molar-refractivity contribution >= 4 is 27.5 Å². The van der Waals surface area contributed by atoms with Crippen LogP contribution in [0, 0.1) is 0 Å². The summed E-state index contributed by atoms with van der Waals surface area (Å²) in [6.07, 6.45) is -0.871. The van der Waals surface area contributed by atoms with Crippen LogP contribution in [0.5, 0.6) is 5.75 Å². The molecule has 0 aliphatic rings. The molecular weight excluding hydrogens is 286 g/mol. The number of hydrogen-bond donors (Lipinski definition) is 1. The standard InChI is InChI=1S/C16H13NO3S/c1-10(16(18)19)20-12-7-8-13-14(9-12)21-15(17-13)11-5-3-2-4-6-11/h2-10H,1H3,(H,18,19). The maximum atomic E-state index is 10.8. The second-order valence-corrected chi connectivity index (χ2v) is 5.64. The van der Waals surface area contributed by atoms with E-state index in [2.05, 4.69) is 4.98 Å². The highest BCUT2D eigenvalue weighted by Crippen LogP contribution is 2.32. The second-order valence-electron chi connectivity index (χ2n) is 4.61. The molecule has 0 amide bonds. The van der Waals surface area contributed by atoms with Crippen LogP contribution in [0.4, 0.5) is 0 Å². The molecule has 0 radical (unpaired) electrons. The molecule has 0 saturated heterocycles. The van der Waals surface area contributed by atoms with Crippen molar-refractivity contribution in [2.75, 3.05) is 0 Å². The van der Waals surface area contributed by atoms with Crippen LogP contribution in [0.3, 0.4) is 0 Å². The minimum Gasteiger partial charge on any atom is -0.479 e. The molecule has 0 aliphatic heterocycles. The predicted molar refractivity (Wildman–Crippen MR) is 82.8 cm³/mol. The fraction of sp³-hybridized carbons (Fsp3) is 0.125. The summed E-state index contributed by atoms with van der Waals surface area (Å²) in [7, 11) is 0. The molecule has 3 aromatic rings. The highest BCUT2D eigenvalue weighted by Gasteiger charge is 2.13. The quantitative estimate of drug-likeness (QED) is 0.795. The average Bonchev–Trinajstić information content (AvgIpc) is 2.91. The number of ether oxygens (including phenoxy) is 1. The zero-order valence-electron chi connectivity index (χ0n) is 11.3. The van der Waals surface area contributed by atoms with Crippen LogP contribution in [0.15, 0.2) is 48.5 Å². The molecule has 106 valence electrons. The Balaban J connectivity index is 1.94. The van der Waals surface area contributed by atoms with E-state index in [0.717, 1.165) is 20.8 Å². The van der Waals surface area contributed by atoms with Crippen molar-refractivity contribution in [1.29, 1.82) is 0 Å². The molecule has 1 aromatic heterocycles. The van der Waals surface area contributed by atoms with Gasteiger partial charge in [0.15, 0.2) is 6.10 Å². The summed E-state index contributed by atoms with van der Waals surface area (Å²) < 4.78 is 6.35. The summed E-state index contributed by atoms with van der Waals surface area (Å²) in [4.78, 5) is 15.4. The van der Waals surface area contributed by atoms with Crippen molar-refractivity contribution < 1.29 is 14.6 Å². The van der Waals surface area contributed by atoms with Gasteiger partial charge in [0.05, 0.1) is 10.2 Å². The minimum absolute atomic E-state index is 0.542. The van der Waals surface area contributed by atoms with Gasteiger partial charge in [-0.05, 0) is 25.1 Å². The van der Waals surface area contributed by atoms with Crippen molar-refractivity contribution in [3.8, 4) is 16.3 Å². The number of carbonyl (C=O) groups is 1. The Labute approximate surface area is 125 Å². The maximum absolute atomic E-state index is 10.8. The average molecular weight is 299 g/mol.